The second-order valence-corrected chi connectivity index (χ2v) is 10.8. The van der Waals surface area contributed by atoms with E-state index in [9.17, 15) is 9.59 Å². The van der Waals surface area contributed by atoms with Gasteiger partial charge >= 0.3 is 12.1 Å². The molecule has 1 amide bonds. The fourth-order valence-electron chi connectivity index (χ4n) is 4.05. The number of hydrogen-bond acceptors (Lipinski definition) is 5. The van der Waals surface area contributed by atoms with Crippen LogP contribution in [0.4, 0.5) is 4.79 Å². The third-order valence-corrected chi connectivity index (χ3v) is 6.81. The molecule has 0 bridgehead atoms. The number of nitrogens with one attached hydrogen (secondary N) is 1. The van der Waals surface area contributed by atoms with E-state index in [-0.39, 0.29) is 39.9 Å². The van der Waals surface area contributed by atoms with Gasteiger partial charge in [-0.3, -0.25) is 0 Å². The standard InChI is InChI=1S/C28H26Cl3NO5/c1-28(2,3)36-15-24(26(33)37-25-13-22(30)21(29)12-23(25)31)32-27(34)35-14-20-18-10-6-4-8-16(18)17-9-5-7-11-19(17)20/h4-13,20,24H,14-15H2,1-3H3,(H,32,34)/t24-/m0/s1. The van der Waals surface area contributed by atoms with Gasteiger partial charge < -0.3 is 19.5 Å². The van der Waals surface area contributed by atoms with Gasteiger partial charge in [0.1, 0.15) is 6.61 Å². The van der Waals surface area contributed by atoms with Gasteiger partial charge in [0.2, 0.25) is 0 Å². The van der Waals surface area contributed by atoms with Crippen LogP contribution in [0.15, 0.2) is 60.7 Å². The third kappa shape index (κ3) is 6.57. The number of rotatable bonds is 7. The van der Waals surface area contributed by atoms with E-state index in [0.29, 0.717) is 0 Å². The number of fused-ring (bicyclic) bond motifs is 3. The molecular weight excluding hydrogens is 537 g/mol. The Kier molecular flexibility index (Phi) is 8.34. The molecule has 0 saturated carbocycles. The van der Waals surface area contributed by atoms with Gasteiger partial charge in [0, 0.05) is 12.0 Å². The molecule has 9 heteroatoms. The molecule has 1 aliphatic rings. The molecule has 0 heterocycles. The lowest BCUT2D eigenvalue weighted by Crippen LogP contribution is -2.47. The summed E-state index contributed by atoms with van der Waals surface area (Å²) in [5.41, 5.74) is 3.83. The quantitative estimate of drug-likeness (QED) is 0.186. The van der Waals surface area contributed by atoms with E-state index in [1.807, 2.05) is 57.2 Å². The van der Waals surface area contributed by atoms with Crippen molar-refractivity contribution >= 4 is 46.9 Å². The Morgan fingerprint density at radius 3 is 2.05 bits per heavy atom. The minimum absolute atomic E-state index is 0.0103. The fourth-order valence-corrected chi connectivity index (χ4v) is 4.62. The van der Waals surface area contributed by atoms with Crippen LogP contribution in [0.1, 0.15) is 37.8 Å². The molecule has 0 saturated heterocycles. The second kappa shape index (κ2) is 11.3. The van der Waals surface area contributed by atoms with Crippen LogP contribution in [0.3, 0.4) is 0 Å². The average molecular weight is 563 g/mol. The van der Waals surface area contributed by atoms with E-state index in [4.69, 9.17) is 49.0 Å². The van der Waals surface area contributed by atoms with Crippen molar-refractivity contribution in [2.75, 3.05) is 13.2 Å². The molecule has 0 unspecified atom stereocenters. The van der Waals surface area contributed by atoms with Crippen molar-refractivity contribution in [2.45, 2.75) is 38.3 Å². The first-order chi connectivity index (χ1) is 17.5. The Morgan fingerprint density at radius 2 is 1.46 bits per heavy atom. The van der Waals surface area contributed by atoms with Crippen molar-refractivity contribution in [3.8, 4) is 16.9 Å². The Bertz CT molecular complexity index is 1280. The van der Waals surface area contributed by atoms with Crippen LogP contribution in [0.5, 0.6) is 5.75 Å². The number of esters is 1. The number of carbonyl (C=O) groups excluding carboxylic acids is 2. The molecule has 1 N–H and O–H groups in total. The van der Waals surface area contributed by atoms with Gasteiger partial charge in [0.15, 0.2) is 11.8 Å². The monoisotopic (exact) mass is 561 g/mol. The first-order valence-electron chi connectivity index (χ1n) is 11.6. The number of ether oxygens (including phenoxy) is 3. The molecule has 0 aliphatic heterocycles. The predicted octanol–water partition coefficient (Wildman–Crippen LogP) is 7.27. The molecule has 6 nitrogen and oxygen atoms in total. The molecule has 0 spiro atoms. The molecule has 37 heavy (non-hydrogen) atoms. The average Bonchev–Trinajstić information content (AvgIpc) is 3.17. The highest BCUT2D eigenvalue weighted by Gasteiger charge is 2.31. The topological polar surface area (TPSA) is 73.9 Å². The van der Waals surface area contributed by atoms with Gasteiger partial charge in [0.05, 0.1) is 27.3 Å². The van der Waals surface area contributed by atoms with Crippen LogP contribution < -0.4 is 10.1 Å². The number of alkyl carbamates (subject to hydrolysis) is 1. The van der Waals surface area contributed by atoms with Gasteiger partial charge in [-0.1, -0.05) is 83.3 Å². The lowest BCUT2D eigenvalue weighted by molar-refractivity contribution is -0.139. The summed E-state index contributed by atoms with van der Waals surface area (Å²) in [6.07, 6.45) is -0.776. The first-order valence-corrected chi connectivity index (χ1v) is 12.8. The van der Waals surface area contributed by atoms with Crippen molar-refractivity contribution < 1.29 is 23.8 Å². The summed E-state index contributed by atoms with van der Waals surface area (Å²) in [4.78, 5) is 25.8. The molecule has 0 aromatic heterocycles. The van der Waals surface area contributed by atoms with E-state index in [0.717, 1.165) is 22.3 Å². The lowest BCUT2D eigenvalue weighted by atomic mass is 9.98. The first kappa shape index (κ1) is 27.3. The van der Waals surface area contributed by atoms with E-state index in [2.05, 4.69) is 17.4 Å². The van der Waals surface area contributed by atoms with Gasteiger partial charge in [-0.25, -0.2) is 9.59 Å². The minimum atomic E-state index is -1.17. The van der Waals surface area contributed by atoms with E-state index in [1.165, 1.54) is 12.1 Å². The largest absolute Gasteiger partial charge is 0.449 e. The molecule has 4 rings (SSSR count). The van der Waals surface area contributed by atoms with E-state index < -0.39 is 23.7 Å². The van der Waals surface area contributed by atoms with Crippen molar-refractivity contribution in [3.05, 3.63) is 86.9 Å². The molecule has 1 aliphatic carbocycles. The number of halogens is 3. The van der Waals surface area contributed by atoms with Gasteiger partial charge in [-0.05, 0) is 49.1 Å². The highest BCUT2D eigenvalue weighted by Crippen LogP contribution is 2.44. The highest BCUT2D eigenvalue weighted by atomic mass is 35.5. The van der Waals surface area contributed by atoms with Crippen LogP contribution >= 0.6 is 34.8 Å². The van der Waals surface area contributed by atoms with Crippen LogP contribution in [-0.2, 0) is 14.3 Å². The Labute approximate surface area is 230 Å². The van der Waals surface area contributed by atoms with Crippen LogP contribution in [0, 0.1) is 0 Å². The molecule has 3 aromatic rings. The summed E-state index contributed by atoms with van der Waals surface area (Å²) < 4.78 is 16.7. The zero-order chi connectivity index (χ0) is 26.7. The molecule has 1 atom stereocenters. The number of hydrogen-bond donors (Lipinski definition) is 1. The second-order valence-electron chi connectivity index (χ2n) is 9.56. The normalized spacial score (nSPS) is 13.5. The van der Waals surface area contributed by atoms with Crippen LogP contribution in [0.2, 0.25) is 15.1 Å². The lowest BCUT2D eigenvalue weighted by Gasteiger charge is -2.24. The molecule has 194 valence electrons. The Balaban J connectivity index is 1.46. The van der Waals surface area contributed by atoms with Gasteiger partial charge in [0.25, 0.3) is 0 Å². The Hall–Kier alpha value is -2.77. The van der Waals surface area contributed by atoms with Crippen molar-refractivity contribution in [2.24, 2.45) is 0 Å². The zero-order valence-corrected chi connectivity index (χ0v) is 22.8. The molecule has 0 radical (unpaired) electrons. The van der Waals surface area contributed by atoms with Crippen molar-refractivity contribution in [3.63, 3.8) is 0 Å². The summed E-state index contributed by atoms with van der Waals surface area (Å²) >= 11 is 18.1. The third-order valence-electron chi connectivity index (χ3n) is 5.79. The SMILES string of the molecule is CC(C)(C)OC[C@H](NC(=O)OCC1c2ccccc2-c2ccccc21)C(=O)Oc1cc(Cl)c(Cl)cc1Cl. The maximum Gasteiger partial charge on any atom is 0.407 e. The van der Waals surface area contributed by atoms with Gasteiger partial charge in [-0.15, -0.1) is 0 Å². The van der Waals surface area contributed by atoms with Crippen LogP contribution in [0.25, 0.3) is 11.1 Å². The summed E-state index contributed by atoms with van der Waals surface area (Å²) in [5, 5.41) is 3.05. The van der Waals surface area contributed by atoms with Gasteiger partial charge in [-0.2, -0.15) is 0 Å². The minimum Gasteiger partial charge on any atom is -0.449 e. The summed E-state index contributed by atoms with van der Waals surface area (Å²) in [6.45, 7) is 5.45. The molecular formula is C28H26Cl3NO5. The fraction of sp³-hybridized carbons (Fsp3) is 0.286. The number of carbonyl (C=O) groups is 2. The predicted molar refractivity (Wildman–Crippen MR) is 145 cm³/mol. The smallest absolute Gasteiger partial charge is 0.407 e. The van der Waals surface area contributed by atoms with Crippen molar-refractivity contribution in [1.29, 1.82) is 0 Å². The number of amides is 1. The van der Waals surface area contributed by atoms with Crippen LogP contribution in [-0.4, -0.2) is 36.9 Å². The zero-order valence-electron chi connectivity index (χ0n) is 20.5. The van der Waals surface area contributed by atoms with Crippen molar-refractivity contribution in [1.82, 2.24) is 5.32 Å². The summed E-state index contributed by atoms with van der Waals surface area (Å²) in [7, 11) is 0. The summed E-state index contributed by atoms with van der Waals surface area (Å²) in [6, 6.07) is 17.6. The van der Waals surface area contributed by atoms with E-state index in [1.54, 1.807) is 0 Å². The maximum absolute atomic E-state index is 13.0. The maximum atomic E-state index is 13.0. The molecule has 0 fully saturated rings. The summed E-state index contributed by atoms with van der Waals surface area (Å²) in [5.74, 6) is -0.904. The van der Waals surface area contributed by atoms with E-state index >= 15 is 0 Å². The Morgan fingerprint density at radius 1 is 0.892 bits per heavy atom. The number of benzene rings is 3. The molecule has 3 aromatic carbocycles. The highest BCUT2D eigenvalue weighted by molar-refractivity contribution is 6.43.